The first-order valence-electron chi connectivity index (χ1n) is 8.87. The first-order valence-corrected chi connectivity index (χ1v) is 8.87. The molecule has 3 rings (SSSR count). The second-order valence-electron chi connectivity index (χ2n) is 7.20. The summed E-state index contributed by atoms with van der Waals surface area (Å²) in [4.78, 5) is 0. The molecule has 0 saturated carbocycles. The molecule has 2 nitrogen and oxygen atoms in total. The number of benzene rings is 1. The summed E-state index contributed by atoms with van der Waals surface area (Å²) in [5, 5.41) is 0. The molecule has 25 heavy (non-hydrogen) atoms. The van der Waals surface area contributed by atoms with Crippen molar-refractivity contribution in [2.75, 3.05) is 13.6 Å². The van der Waals surface area contributed by atoms with E-state index in [-0.39, 0.29) is 5.54 Å². The maximum absolute atomic E-state index is 4.42. The van der Waals surface area contributed by atoms with Gasteiger partial charge in [0.25, 0.3) is 0 Å². The molecule has 0 unspecified atom stereocenters. The van der Waals surface area contributed by atoms with Crippen LogP contribution in [0.3, 0.4) is 0 Å². The van der Waals surface area contributed by atoms with Crippen LogP contribution in [-0.2, 0) is 5.54 Å². The minimum atomic E-state index is -0.201. The van der Waals surface area contributed by atoms with E-state index >= 15 is 0 Å². The summed E-state index contributed by atoms with van der Waals surface area (Å²) in [7, 11) is 2.10. The SMILES string of the molecule is C=CC=[N+](C)CC[C@@]1(C(=C)C)c2ccccc2-c2cc(C)cc(C)[n+]21. The van der Waals surface area contributed by atoms with Gasteiger partial charge in [-0.25, -0.2) is 4.58 Å². The summed E-state index contributed by atoms with van der Waals surface area (Å²) in [6.07, 6.45) is 4.84. The zero-order valence-electron chi connectivity index (χ0n) is 15.8. The topological polar surface area (TPSA) is 6.89 Å². The molecule has 0 radical (unpaired) electrons. The molecule has 2 heteroatoms. The van der Waals surface area contributed by atoms with Gasteiger partial charge in [0.15, 0.2) is 11.9 Å². The van der Waals surface area contributed by atoms with Gasteiger partial charge in [0.2, 0.25) is 11.2 Å². The fraction of sp³-hybridized carbons (Fsp3) is 0.304. The first-order chi connectivity index (χ1) is 11.9. The molecular weight excluding hydrogens is 304 g/mol. The van der Waals surface area contributed by atoms with Gasteiger partial charge in [0.1, 0.15) is 13.6 Å². The zero-order valence-corrected chi connectivity index (χ0v) is 15.8. The number of aryl methyl sites for hydroxylation is 2. The van der Waals surface area contributed by atoms with Crippen molar-refractivity contribution in [2.45, 2.75) is 32.7 Å². The highest BCUT2D eigenvalue weighted by Crippen LogP contribution is 2.44. The third-order valence-corrected chi connectivity index (χ3v) is 5.32. The minimum Gasteiger partial charge on any atom is -0.238 e. The predicted octanol–water partition coefficient (Wildman–Crippen LogP) is 4.18. The van der Waals surface area contributed by atoms with E-state index in [1.165, 1.54) is 33.7 Å². The lowest BCUT2D eigenvalue weighted by Crippen LogP contribution is -2.58. The van der Waals surface area contributed by atoms with Crippen LogP contribution in [0.1, 0.15) is 30.2 Å². The highest BCUT2D eigenvalue weighted by Gasteiger charge is 2.53. The smallest absolute Gasteiger partial charge is 0.221 e. The van der Waals surface area contributed by atoms with E-state index in [1.54, 1.807) is 0 Å². The van der Waals surface area contributed by atoms with Crippen molar-refractivity contribution in [3.63, 3.8) is 0 Å². The molecule has 1 aromatic carbocycles. The van der Waals surface area contributed by atoms with E-state index in [1.807, 2.05) is 12.3 Å². The summed E-state index contributed by atoms with van der Waals surface area (Å²) in [6.45, 7) is 15.7. The predicted molar refractivity (Wildman–Crippen MR) is 105 cm³/mol. The van der Waals surface area contributed by atoms with Gasteiger partial charge in [-0.1, -0.05) is 31.4 Å². The van der Waals surface area contributed by atoms with E-state index in [2.05, 4.69) is 86.5 Å². The fourth-order valence-corrected chi connectivity index (χ4v) is 4.27. The van der Waals surface area contributed by atoms with E-state index < -0.39 is 0 Å². The molecule has 2 heterocycles. The largest absolute Gasteiger partial charge is 0.238 e. The molecule has 2 aromatic rings. The van der Waals surface area contributed by atoms with Crippen LogP contribution in [0.4, 0.5) is 0 Å². The number of fused-ring (bicyclic) bond motifs is 3. The van der Waals surface area contributed by atoms with Crippen molar-refractivity contribution < 1.29 is 9.14 Å². The maximum Gasteiger partial charge on any atom is 0.221 e. The summed E-state index contributed by atoms with van der Waals surface area (Å²) in [5.74, 6) is 0. The average Bonchev–Trinajstić information content (AvgIpc) is 2.85. The maximum atomic E-state index is 4.42. The second-order valence-corrected chi connectivity index (χ2v) is 7.20. The highest BCUT2D eigenvalue weighted by atomic mass is 15.1. The Hall–Kier alpha value is -2.48. The Morgan fingerprint density at radius 1 is 1.24 bits per heavy atom. The molecule has 1 aliphatic heterocycles. The first kappa shape index (κ1) is 17.3. The zero-order chi connectivity index (χ0) is 18.2. The van der Waals surface area contributed by atoms with E-state index in [4.69, 9.17) is 0 Å². The second kappa shape index (κ2) is 6.44. The summed E-state index contributed by atoms with van der Waals surface area (Å²) >= 11 is 0. The van der Waals surface area contributed by atoms with Gasteiger partial charge in [-0.15, -0.1) is 0 Å². The lowest BCUT2D eigenvalue weighted by molar-refractivity contribution is -0.738. The molecule has 0 spiro atoms. The van der Waals surface area contributed by atoms with Crippen LogP contribution in [0.15, 0.2) is 61.2 Å². The Balaban J connectivity index is 2.27. The van der Waals surface area contributed by atoms with Crippen LogP contribution in [-0.4, -0.2) is 24.4 Å². The lowest BCUT2D eigenvalue weighted by atomic mass is 9.81. The molecular formula is C23H28N2+2. The molecule has 128 valence electrons. The van der Waals surface area contributed by atoms with Crippen LogP contribution >= 0.6 is 0 Å². The lowest BCUT2D eigenvalue weighted by Gasteiger charge is -2.26. The molecule has 0 N–H and O–H groups in total. The number of aromatic nitrogens is 1. The van der Waals surface area contributed by atoms with E-state index in [9.17, 15) is 0 Å². The van der Waals surface area contributed by atoms with Gasteiger partial charge in [-0.2, -0.15) is 4.57 Å². The third-order valence-electron chi connectivity index (χ3n) is 5.32. The number of nitrogens with zero attached hydrogens (tertiary/aromatic N) is 2. The molecule has 0 bridgehead atoms. The van der Waals surface area contributed by atoms with Crippen LogP contribution in [0.25, 0.3) is 11.3 Å². The Kier molecular flexibility index (Phi) is 4.47. The van der Waals surface area contributed by atoms with Crippen molar-refractivity contribution in [1.29, 1.82) is 0 Å². The summed E-state index contributed by atoms with van der Waals surface area (Å²) in [5.41, 5.74) is 7.55. The fourth-order valence-electron chi connectivity index (χ4n) is 4.27. The quantitative estimate of drug-likeness (QED) is 0.440. The molecule has 1 atom stereocenters. The van der Waals surface area contributed by atoms with Gasteiger partial charge in [-0.05, 0) is 37.1 Å². The molecule has 0 fully saturated rings. The number of rotatable bonds is 5. The molecule has 0 aliphatic carbocycles. The molecule has 1 aliphatic rings. The van der Waals surface area contributed by atoms with Crippen molar-refractivity contribution in [1.82, 2.24) is 0 Å². The van der Waals surface area contributed by atoms with E-state index in [0.29, 0.717) is 0 Å². The molecule has 0 amide bonds. The molecule has 0 saturated heterocycles. The Morgan fingerprint density at radius 3 is 2.64 bits per heavy atom. The Morgan fingerprint density at radius 2 is 1.96 bits per heavy atom. The van der Waals surface area contributed by atoms with Crippen molar-refractivity contribution in [3.8, 4) is 11.3 Å². The van der Waals surface area contributed by atoms with Gasteiger partial charge in [0, 0.05) is 24.6 Å². The standard InChI is InChI=1S/C23H28N2/c1-7-13-24(6)14-12-23(17(2)3)21-11-9-8-10-20(21)22-16-18(4)15-19(5)25(22)23/h7-11,13,15-16H,1-2,12,14H2,3-6H3/q+2/t23-/m1/s1. The van der Waals surface area contributed by atoms with Gasteiger partial charge >= 0.3 is 0 Å². The van der Waals surface area contributed by atoms with Crippen LogP contribution < -0.4 is 4.57 Å². The summed E-state index contributed by atoms with van der Waals surface area (Å²) < 4.78 is 4.69. The van der Waals surface area contributed by atoms with Gasteiger partial charge in [0.05, 0.1) is 12.0 Å². The van der Waals surface area contributed by atoms with Crippen LogP contribution in [0.5, 0.6) is 0 Å². The van der Waals surface area contributed by atoms with Crippen LogP contribution in [0.2, 0.25) is 0 Å². The Bertz CT molecular complexity index is 889. The number of allylic oxidation sites excluding steroid dienone is 2. The number of pyridine rings is 1. The monoisotopic (exact) mass is 332 g/mol. The normalized spacial score (nSPS) is 18.6. The Labute approximate surface area is 151 Å². The van der Waals surface area contributed by atoms with Crippen molar-refractivity contribution in [2.24, 2.45) is 0 Å². The highest BCUT2D eigenvalue weighted by molar-refractivity contribution is 5.68. The average molecular weight is 332 g/mol. The minimum absolute atomic E-state index is 0.201. The summed E-state index contributed by atoms with van der Waals surface area (Å²) in [6, 6.07) is 13.4. The van der Waals surface area contributed by atoms with Crippen LogP contribution in [0, 0.1) is 13.8 Å². The van der Waals surface area contributed by atoms with Gasteiger partial charge < -0.3 is 0 Å². The number of hydrogen-bond acceptors (Lipinski definition) is 0. The number of hydrogen-bond donors (Lipinski definition) is 0. The van der Waals surface area contributed by atoms with E-state index in [0.717, 1.165) is 13.0 Å². The van der Waals surface area contributed by atoms with Crippen molar-refractivity contribution >= 4 is 6.21 Å². The third kappa shape index (κ3) is 2.66. The van der Waals surface area contributed by atoms with Gasteiger partial charge in [-0.3, -0.25) is 0 Å². The van der Waals surface area contributed by atoms with Crippen molar-refractivity contribution in [3.05, 3.63) is 78.0 Å². The molecule has 1 aromatic heterocycles.